The van der Waals surface area contributed by atoms with E-state index in [1.165, 1.54) is 6.07 Å². The minimum atomic E-state index is -4.36. The molecule has 20 heavy (non-hydrogen) atoms. The number of benzene rings is 1. The Balaban J connectivity index is 2.07. The summed E-state index contributed by atoms with van der Waals surface area (Å²) in [7, 11) is 2.08. The van der Waals surface area contributed by atoms with Gasteiger partial charge in [-0.25, -0.2) is 0 Å². The van der Waals surface area contributed by atoms with E-state index in [0.717, 1.165) is 31.5 Å². The van der Waals surface area contributed by atoms with Crippen LogP contribution >= 0.6 is 11.6 Å². The van der Waals surface area contributed by atoms with Crippen molar-refractivity contribution < 1.29 is 13.2 Å². The molecule has 1 aliphatic rings. The van der Waals surface area contributed by atoms with Crippen molar-refractivity contribution in [2.45, 2.75) is 38.0 Å². The molecule has 0 amide bonds. The molecule has 1 fully saturated rings. The molecule has 1 heterocycles. The van der Waals surface area contributed by atoms with Gasteiger partial charge in [-0.1, -0.05) is 11.6 Å². The maximum Gasteiger partial charge on any atom is 0.416 e. The van der Waals surface area contributed by atoms with Crippen molar-refractivity contribution in [1.82, 2.24) is 4.90 Å². The normalized spacial score (nSPS) is 24.7. The Hall–Kier alpha value is -0.940. The van der Waals surface area contributed by atoms with Crippen LogP contribution in [0.4, 0.5) is 18.9 Å². The molecule has 0 radical (unpaired) electrons. The van der Waals surface area contributed by atoms with Gasteiger partial charge in [0.2, 0.25) is 0 Å². The molecule has 2 unspecified atom stereocenters. The fourth-order valence-corrected chi connectivity index (χ4v) is 2.68. The van der Waals surface area contributed by atoms with E-state index in [4.69, 9.17) is 11.6 Å². The van der Waals surface area contributed by atoms with Crippen LogP contribution in [0.15, 0.2) is 18.2 Å². The van der Waals surface area contributed by atoms with E-state index >= 15 is 0 Å². The van der Waals surface area contributed by atoms with Gasteiger partial charge in [-0.2, -0.15) is 13.2 Å². The maximum absolute atomic E-state index is 12.6. The Kier molecular flexibility index (Phi) is 4.49. The number of halogens is 4. The smallest absolute Gasteiger partial charge is 0.381 e. The van der Waals surface area contributed by atoms with Crippen LogP contribution in [0.2, 0.25) is 5.02 Å². The number of anilines is 1. The molecule has 2 rings (SSSR count). The van der Waals surface area contributed by atoms with E-state index in [2.05, 4.69) is 24.2 Å². The van der Waals surface area contributed by atoms with Crippen molar-refractivity contribution >= 4 is 17.3 Å². The molecule has 1 saturated heterocycles. The van der Waals surface area contributed by atoms with Crippen LogP contribution in [0.3, 0.4) is 0 Å². The first-order valence-electron chi connectivity index (χ1n) is 6.61. The molecular formula is C14H18ClF3N2. The highest BCUT2D eigenvalue weighted by Gasteiger charge is 2.31. The fourth-order valence-electron chi connectivity index (χ4n) is 2.45. The van der Waals surface area contributed by atoms with Gasteiger partial charge >= 0.3 is 6.18 Å². The van der Waals surface area contributed by atoms with Crippen molar-refractivity contribution in [2.75, 3.05) is 18.9 Å². The standard InChI is InChI=1S/C14H18ClF3N2/c1-9-7-11(5-6-20(9)2)19-13-4-3-10(8-12(13)15)14(16,17)18/h3-4,8-9,11,19H,5-7H2,1-2H3. The van der Waals surface area contributed by atoms with Crippen LogP contribution in [0.25, 0.3) is 0 Å². The van der Waals surface area contributed by atoms with E-state index < -0.39 is 11.7 Å². The molecule has 6 heteroatoms. The number of alkyl halides is 3. The molecule has 0 spiro atoms. The summed E-state index contributed by atoms with van der Waals surface area (Å²) < 4.78 is 37.7. The first-order valence-corrected chi connectivity index (χ1v) is 6.98. The minimum absolute atomic E-state index is 0.117. The summed E-state index contributed by atoms with van der Waals surface area (Å²) in [5, 5.41) is 3.37. The molecule has 112 valence electrons. The zero-order valence-electron chi connectivity index (χ0n) is 11.5. The Morgan fingerprint density at radius 2 is 2.05 bits per heavy atom. The Morgan fingerprint density at radius 1 is 1.35 bits per heavy atom. The van der Waals surface area contributed by atoms with E-state index in [-0.39, 0.29) is 11.1 Å². The highest BCUT2D eigenvalue weighted by Crippen LogP contribution is 2.34. The van der Waals surface area contributed by atoms with Gasteiger partial charge in [-0.15, -0.1) is 0 Å². The number of rotatable bonds is 2. The lowest BCUT2D eigenvalue weighted by molar-refractivity contribution is -0.137. The zero-order valence-corrected chi connectivity index (χ0v) is 12.2. The maximum atomic E-state index is 12.6. The summed E-state index contributed by atoms with van der Waals surface area (Å²) in [5.74, 6) is 0. The number of likely N-dealkylation sites (tertiary alicyclic amines) is 1. The topological polar surface area (TPSA) is 15.3 Å². The number of nitrogens with one attached hydrogen (secondary N) is 1. The predicted molar refractivity (Wildman–Crippen MR) is 75.2 cm³/mol. The summed E-state index contributed by atoms with van der Waals surface area (Å²) >= 11 is 5.95. The highest BCUT2D eigenvalue weighted by molar-refractivity contribution is 6.33. The summed E-state index contributed by atoms with van der Waals surface area (Å²) in [6.07, 6.45) is -2.45. The van der Waals surface area contributed by atoms with Crippen LogP contribution in [0, 0.1) is 0 Å². The van der Waals surface area contributed by atoms with Gasteiger partial charge in [-0.05, 0) is 45.0 Å². The molecule has 0 saturated carbocycles. The summed E-state index contributed by atoms with van der Waals surface area (Å²) in [6, 6.07) is 4.15. The molecule has 1 aliphatic heterocycles. The van der Waals surface area contributed by atoms with Crippen molar-refractivity contribution in [2.24, 2.45) is 0 Å². The van der Waals surface area contributed by atoms with E-state index in [1.807, 2.05) is 0 Å². The first-order chi connectivity index (χ1) is 9.27. The molecule has 0 aliphatic carbocycles. The van der Waals surface area contributed by atoms with Gasteiger partial charge in [0.1, 0.15) is 0 Å². The Labute approximate surface area is 121 Å². The highest BCUT2D eigenvalue weighted by atomic mass is 35.5. The van der Waals surface area contributed by atoms with Gasteiger partial charge in [0.05, 0.1) is 16.3 Å². The SMILES string of the molecule is CC1CC(Nc2ccc(C(F)(F)F)cc2Cl)CCN1C. The second kappa shape index (κ2) is 5.82. The van der Waals surface area contributed by atoms with Gasteiger partial charge in [0, 0.05) is 18.6 Å². The lowest BCUT2D eigenvalue weighted by Gasteiger charge is -2.36. The van der Waals surface area contributed by atoms with E-state index in [0.29, 0.717) is 11.7 Å². The number of hydrogen-bond acceptors (Lipinski definition) is 2. The second-order valence-electron chi connectivity index (χ2n) is 5.39. The summed E-state index contributed by atoms with van der Waals surface area (Å²) in [4.78, 5) is 2.27. The third-order valence-electron chi connectivity index (χ3n) is 3.86. The van der Waals surface area contributed by atoms with Crippen molar-refractivity contribution in [3.63, 3.8) is 0 Å². The van der Waals surface area contributed by atoms with E-state index in [1.54, 1.807) is 0 Å². The molecule has 2 atom stereocenters. The van der Waals surface area contributed by atoms with Crippen LogP contribution in [0.5, 0.6) is 0 Å². The molecule has 1 N–H and O–H groups in total. The van der Waals surface area contributed by atoms with Gasteiger partial charge in [0.15, 0.2) is 0 Å². The third-order valence-corrected chi connectivity index (χ3v) is 4.18. The number of piperidine rings is 1. The average Bonchev–Trinajstić information content (AvgIpc) is 2.35. The fraction of sp³-hybridized carbons (Fsp3) is 0.571. The van der Waals surface area contributed by atoms with E-state index in [9.17, 15) is 13.2 Å². The molecule has 0 bridgehead atoms. The largest absolute Gasteiger partial charge is 0.416 e. The summed E-state index contributed by atoms with van der Waals surface area (Å²) in [5.41, 5.74) is -0.147. The molecule has 1 aromatic carbocycles. The first kappa shape index (κ1) is 15.4. The monoisotopic (exact) mass is 306 g/mol. The second-order valence-corrected chi connectivity index (χ2v) is 5.79. The molecule has 1 aromatic rings. The Bertz CT molecular complexity index is 476. The van der Waals surface area contributed by atoms with Gasteiger partial charge < -0.3 is 10.2 Å². The zero-order chi connectivity index (χ0) is 14.9. The van der Waals surface area contributed by atoms with Crippen LogP contribution in [0.1, 0.15) is 25.3 Å². The van der Waals surface area contributed by atoms with Gasteiger partial charge in [0.25, 0.3) is 0 Å². The minimum Gasteiger partial charge on any atom is -0.381 e. The van der Waals surface area contributed by atoms with Crippen LogP contribution < -0.4 is 5.32 Å². The lowest BCUT2D eigenvalue weighted by Crippen LogP contribution is -2.42. The van der Waals surface area contributed by atoms with Crippen molar-refractivity contribution in [3.8, 4) is 0 Å². The average molecular weight is 307 g/mol. The Morgan fingerprint density at radius 3 is 2.60 bits per heavy atom. The predicted octanol–water partition coefficient (Wildman–Crippen LogP) is 4.25. The molecule has 0 aromatic heterocycles. The van der Waals surface area contributed by atoms with Crippen LogP contribution in [-0.4, -0.2) is 30.6 Å². The summed E-state index contributed by atoms with van der Waals surface area (Å²) in [6.45, 7) is 3.11. The van der Waals surface area contributed by atoms with Crippen LogP contribution in [-0.2, 0) is 6.18 Å². The molecular weight excluding hydrogens is 289 g/mol. The molecule has 2 nitrogen and oxygen atoms in total. The quantitative estimate of drug-likeness (QED) is 0.878. The third kappa shape index (κ3) is 3.58. The van der Waals surface area contributed by atoms with Crippen molar-refractivity contribution in [3.05, 3.63) is 28.8 Å². The lowest BCUT2D eigenvalue weighted by atomic mass is 9.98. The van der Waals surface area contributed by atoms with Crippen molar-refractivity contribution in [1.29, 1.82) is 0 Å². The van der Waals surface area contributed by atoms with Gasteiger partial charge in [-0.3, -0.25) is 0 Å². The number of nitrogens with zero attached hydrogens (tertiary/aromatic N) is 1. The number of hydrogen-bond donors (Lipinski definition) is 1.